The van der Waals surface area contributed by atoms with E-state index in [0.29, 0.717) is 90.2 Å². The number of nitrogens with one attached hydrogen (secondary N) is 5. The fraction of sp³-hybridized carbons (Fsp3) is 0.852. The van der Waals surface area contributed by atoms with Crippen LogP contribution in [0.2, 0.25) is 0 Å². The van der Waals surface area contributed by atoms with Gasteiger partial charge in [-0.1, -0.05) is 10.3 Å². The predicted molar refractivity (Wildman–Crippen MR) is 160 cm³/mol. The molecule has 0 saturated carbocycles. The Hall–Kier alpha value is -2.40. The Bertz CT molecular complexity index is 816. The normalized spacial score (nSPS) is 20.9. The van der Waals surface area contributed by atoms with Gasteiger partial charge in [-0.2, -0.15) is 0 Å². The van der Waals surface area contributed by atoms with E-state index in [-0.39, 0.29) is 31.1 Å². The van der Waals surface area contributed by atoms with Crippen molar-refractivity contribution in [3.05, 3.63) is 0 Å². The maximum atomic E-state index is 12.3. The molecular weight excluding hydrogens is 548 g/mol. The molecule has 0 radical (unpaired) electrons. The molecule has 0 aromatic carbocycles. The second-order valence-corrected chi connectivity index (χ2v) is 11.3. The van der Waals surface area contributed by atoms with Crippen molar-refractivity contribution in [3.63, 3.8) is 0 Å². The summed E-state index contributed by atoms with van der Waals surface area (Å²) in [5, 5.41) is 50.6. The van der Waals surface area contributed by atoms with Crippen molar-refractivity contribution in [1.82, 2.24) is 31.5 Å². The molecule has 8 N–H and O–H groups in total. The average molecular weight is 603 g/mol. The minimum atomic E-state index is -0.626. The van der Waals surface area contributed by atoms with Crippen LogP contribution in [0.3, 0.4) is 0 Å². The molecule has 0 bridgehead atoms. The summed E-state index contributed by atoms with van der Waals surface area (Å²) in [5.41, 5.74) is -0.327. The fourth-order valence-electron chi connectivity index (χ4n) is 4.20. The standard InChI is InChI=1S/C27H54N8O7/c1-21(36)28-11-16-41-18-19-42-17-12-30-25(38)7-6-24(37)29-8-13-35-14-9-31-26(2,3)22(33-39)20-23(34-40)27(4,5)32-10-15-35/h21,28,31-32,36,39-40H,6-20H2,1-5H3,(H,29,37)(H,30,38)/b33-22-,34-23-. The van der Waals surface area contributed by atoms with E-state index in [1.165, 1.54) is 0 Å². The van der Waals surface area contributed by atoms with Gasteiger partial charge in [0.1, 0.15) is 6.23 Å². The molecule has 1 atom stereocenters. The van der Waals surface area contributed by atoms with E-state index >= 15 is 0 Å². The molecular formula is C27H54N8O7. The van der Waals surface area contributed by atoms with Crippen LogP contribution in [0.1, 0.15) is 53.9 Å². The van der Waals surface area contributed by atoms with Crippen molar-refractivity contribution >= 4 is 23.2 Å². The van der Waals surface area contributed by atoms with Gasteiger partial charge < -0.3 is 46.3 Å². The van der Waals surface area contributed by atoms with E-state index in [0.717, 1.165) is 0 Å². The number of oxime groups is 2. The first-order chi connectivity index (χ1) is 19.9. The average Bonchev–Trinajstić information content (AvgIpc) is 2.92. The van der Waals surface area contributed by atoms with Gasteiger partial charge in [0.15, 0.2) is 0 Å². The smallest absolute Gasteiger partial charge is 0.220 e. The van der Waals surface area contributed by atoms with Gasteiger partial charge in [-0.3, -0.25) is 19.8 Å². The summed E-state index contributed by atoms with van der Waals surface area (Å²) in [4.78, 5) is 26.5. The third-order valence-corrected chi connectivity index (χ3v) is 6.97. The number of amides is 2. The fourth-order valence-corrected chi connectivity index (χ4v) is 4.20. The van der Waals surface area contributed by atoms with Crippen LogP contribution in [0, 0.1) is 0 Å². The first-order valence-corrected chi connectivity index (χ1v) is 14.7. The van der Waals surface area contributed by atoms with E-state index < -0.39 is 17.3 Å². The minimum absolute atomic E-state index is 0.0937. The predicted octanol–water partition coefficient (Wildman–Crippen LogP) is -0.937. The number of carbonyl (C=O) groups excluding carboxylic acids is 2. The molecule has 1 aliphatic rings. The highest BCUT2D eigenvalue weighted by Gasteiger charge is 2.33. The lowest BCUT2D eigenvalue weighted by molar-refractivity contribution is -0.126. The van der Waals surface area contributed by atoms with Gasteiger partial charge in [-0.15, -0.1) is 0 Å². The zero-order valence-corrected chi connectivity index (χ0v) is 26.0. The highest BCUT2D eigenvalue weighted by Crippen LogP contribution is 2.16. The molecule has 1 rings (SSSR count). The molecule has 1 aliphatic heterocycles. The number of ether oxygens (including phenoxy) is 2. The Labute approximate surface area is 249 Å². The summed E-state index contributed by atoms with van der Waals surface area (Å²) < 4.78 is 10.7. The molecule has 1 saturated heterocycles. The third-order valence-electron chi connectivity index (χ3n) is 6.97. The zero-order chi connectivity index (χ0) is 31.4. The molecule has 1 heterocycles. The van der Waals surface area contributed by atoms with Crippen molar-refractivity contribution in [2.24, 2.45) is 10.3 Å². The number of nitrogens with zero attached hydrogens (tertiary/aromatic N) is 3. The van der Waals surface area contributed by atoms with Crippen molar-refractivity contribution < 1.29 is 34.6 Å². The molecule has 0 spiro atoms. The maximum Gasteiger partial charge on any atom is 0.220 e. The molecule has 0 aliphatic carbocycles. The number of carbonyl (C=O) groups is 2. The van der Waals surface area contributed by atoms with Crippen LogP contribution in [0.5, 0.6) is 0 Å². The SMILES string of the molecule is CC(O)NCCOCCOCCNC(=O)CCC(=O)NCCN1CCNC(C)(C)/C(=N\O)C/C(=N/O)C(C)(C)NCC1. The number of hydrogen-bond acceptors (Lipinski definition) is 13. The van der Waals surface area contributed by atoms with E-state index in [4.69, 9.17) is 14.6 Å². The van der Waals surface area contributed by atoms with Crippen LogP contribution in [0.4, 0.5) is 0 Å². The summed E-state index contributed by atoms with van der Waals surface area (Å²) in [5.74, 6) is -0.402. The van der Waals surface area contributed by atoms with Crippen molar-refractivity contribution in [2.45, 2.75) is 71.2 Å². The molecule has 1 unspecified atom stereocenters. The summed E-state index contributed by atoms with van der Waals surface area (Å²) in [6.07, 6.45) is -0.155. The molecule has 1 fully saturated rings. The lowest BCUT2D eigenvalue weighted by Crippen LogP contribution is -2.56. The molecule has 2 amide bonds. The highest BCUT2D eigenvalue weighted by molar-refractivity contribution is 6.11. The van der Waals surface area contributed by atoms with Gasteiger partial charge in [0, 0.05) is 71.6 Å². The number of aliphatic hydroxyl groups is 1. The summed E-state index contributed by atoms with van der Waals surface area (Å²) in [6.45, 7) is 15.5. The topological polar surface area (TPSA) is 201 Å². The van der Waals surface area contributed by atoms with Crippen molar-refractivity contribution in [3.8, 4) is 0 Å². The van der Waals surface area contributed by atoms with Crippen LogP contribution in [-0.4, -0.2) is 140 Å². The van der Waals surface area contributed by atoms with Gasteiger partial charge in [-0.25, -0.2) is 0 Å². The largest absolute Gasteiger partial charge is 0.411 e. The lowest BCUT2D eigenvalue weighted by atomic mass is 9.87. The first-order valence-electron chi connectivity index (χ1n) is 14.7. The second kappa shape index (κ2) is 20.5. The Morgan fingerprint density at radius 2 is 1.33 bits per heavy atom. The third kappa shape index (κ3) is 16.3. The van der Waals surface area contributed by atoms with Crippen molar-refractivity contribution in [2.75, 3.05) is 78.8 Å². The Morgan fingerprint density at radius 3 is 1.81 bits per heavy atom. The Balaban J connectivity index is 2.33. The summed E-state index contributed by atoms with van der Waals surface area (Å²) in [6, 6.07) is 0. The molecule has 244 valence electrons. The molecule has 15 nitrogen and oxygen atoms in total. The minimum Gasteiger partial charge on any atom is -0.411 e. The Kier molecular flexibility index (Phi) is 18.4. The molecule has 0 aromatic rings. The zero-order valence-electron chi connectivity index (χ0n) is 26.0. The van der Waals surface area contributed by atoms with Gasteiger partial charge in [0.05, 0.1) is 48.9 Å². The number of aliphatic hydroxyl groups excluding tert-OH is 1. The number of hydrogen-bond donors (Lipinski definition) is 8. The van der Waals surface area contributed by atoms with E-state index in [2.05, 4.69) is 41.8 Å². The van der Waals surface area contributed by atoms with Crippen LogP contribution in [0.25, 0.3) is 0 Å². The lowest BCUT2D eigenvalue weighted by Gasteiger charge is -2.34. The summed E-state index contributed by atoms with van der Waals surface area (Å²) >= 11 is 0. The molecule has 42 heavy (non-hydrogen) atoms. The Morgan fingerprint density at radius 1 is 0.857 bits per heavy atom. The molecule has 0 aromatic heterocycles. The number of rotatable bonds is 16. The van der Waals surface area contributed by atoms with Gasteiger partial charge in [0.25, 0.3) is 0 Å². The summed E-state index contributed by atoms with van der Waals surface area (Å²) in [7, 11) is 0. The van der Waals surface area contributed by atoms with E-state index in [1.807, 2.05) is 27.7 Å². The van der Waals surface area contributed by atoms with E-state index in [9.17, 15) is 20.0 Å². The highest BCUT2D eigenvalue weighted by atomic mass is 16.5. The van der Waals surface area contributed by atoms with E-state index in [1.54, 1.807) is 6.92 Å². The van der Waals surface area contributed by atoms with Gasteiger partial charge in [-0.05, 0) is 34.6 Å². The molecule has 15 heteroatoms. The van der Waals surface area contributed by atoms with Crippen LogP contribution in [0.15, 0.2) is 10.3 Å². The van der Waals surface area contributed by atoms with Crippen molar-refractivity contribution in [1.29, 1.82) is 0 Å². The monoisotopic (exact) mass is 602 g/mol. The van der Waals surface area contributed by atoms with Gasteiger partial charge >= 0.3 is 0 Å². The van der Waals surface area contributed by atoms with Gasteiger partial charge in [0.2, 0.25) is 11.8 Å². The van der Waals surface area contributed by atoms with Crippen LogP contribution in [-0.2, 0) is 19.1 Å². The van der Waals surface area contributed by atoms with Crippen LogP contribution >= 0.6 is 0 Å². The maximum absolute atomic E-state index is 12.3. The first kappa shape index (κ1) is 37.6. The second-order valence-electron chi connectivity index (χ2n) is 11.3. The quantitative estimate of drug-likeness (QED) is 0.0469. The van der Waals surface area contributed by atoms with Crippen LogP contribution < -0.4 is 26.6 Å².